The van der Waals surface area contributed by atoms with E-state index in [-0.39, 0.29) is 11.7 Å². The first-order valence-corrected chi connectivity index (χ1v) is 6.56. The van der Waals surface area contributed by atoms with E-state index in [4.69, 9.17) is 11.6 Å². The molecule has 3 nitrogen and oxygen atoms in total. The normalized spacial score (nSPS) is 10.5. The Kier molecular flexibility index (Phi) is 4.68. The number of pyridine rings is 2. The first kappa shape index (κ1) is 13.7. The topological polar surface area (TPSA) is 29.0 Å². The van der Waals surface area contributed by atoms with Gasteiger partial charge in [-0.15, -0.1) is 11.6 Å². The molecule has 0 saturated carbocycles. The molecule has 0 amide bonds. The van der Waals surface area contributed by atoms with Crippen LogP contribution in [0.2, 0.25) is 0 Å². The van der Waals surface area contributed by atoms with Crippen LogP contribution in [0.25, 0.3) is 0 Å². The third-order valence-electron chi connectivity index (χ3n) is 2.89. The monoisotopic (exact) mass is 279 g/mol. The zero-order chi connectivity index (χ0) is 13.7. The average molecular weight is 280 g/mol. The lowest BCUT2D eigenvalue weighted by atomic mass is 10.2. The second-order valence-corrected chi connectivity index (χ2v) is 4.50. The van der Waals surface area contributed by atoms with Gasteiger partial charge in [0.1, 0.15) is 0 Å². The molecule has 0 unspecified atom stereocenters. The van der Waals surface area contributed by atoms with Crippen molar-refractivity contribution in [2.45, 2.75) is 12.3 Å². The standard InChI is InChI=1S/C14H15ClFN3/c1-19(9-6-12-4-2-3-7-17-12)14-13(16)11(10-15)5-8-18-14/h2-5,7-8H,6,9-10H2,1H3. The fourth-order valence-corrected chi connectivity index (χ4v) is 1.98. The lowest BCUT2D eigenvalue weighted by Gasteiger charge is -2.19. The highest BCUT2D eigenvalue weighted by atomic mass is 35.5. The molecule has 0 aliphatic carbocycles. The minimum atomic E-state index is -0.346. The summed E-state index contributed by atoms with van der Waals surface area (Å²) >= 11 is 5.69. The summed E-state index contributed by atoms with van der Waals surface area (Å²) in [5, 5.41) is 0. The van der Waals surface area contributed by atoms with Gasteiger partial charge in [0.15, 0.2) is 11.6 Å². The molecule has 2 rings (SSSR count). The third-order valence-corrected chi connectivity index (χ3v) is 3.17. The van der Waals surface area contributed by atoms with Crippen LogP contribution in [0.15, 0.2) is 36.7 Å². The Hall–Kier alpha value is -1.68. The Morgan fingerprint density at radius 1 is 1.21 bits per heavy atom. The van der Waals surface area contributed by atoms with E-state index in [1.54, 1.807) is 23.4 Å². The number of hydrogen-bond acceptors (Lipinski definition) is 3. The Bertz CT molecular complexity index is 533. The van der Waals surface area contributed by atoms with Gasteiger partial charge >= 0.3 is 0 Å². The van der Waals surface area contributed by atoms with Crippen molar-refractivity contribution in [1.29, 1.82) is 0 Å². The number of halogens is 2. The number of hydrogen-bond donors (Lipinski definition) is 0. The summed E-state index contributed by atoms with van der Waals surface area (Å²) in [7, 11) is 1.81. The molecule has 19 heavy (non-hydrogen) atoms. The highest BCUT2D eigenvalue weighted by Crippen LogP contribution is 2.19. The summed E-state index contributed by atoms with van der Waals surface area (Å²) in [6.45, 7) is 0.646. The summed E-state index contributed by atoms with van der Waals surface area (Å²) in [6.07, 6.45) is 4.07. The molecule has 0 aromatic carbocycles. The number of anilines is 1. The van der Waals surface area contributed by atoms with Crippen molar-refractivity contribution in [3.8, 4) is 0 Å². The molecular weight excluding hydrogens is 265 g/mol. The number of alkyl halides is 1. The SMILES string of the molecule is CN(CCc1ccccn1)c1nccc(CCl)c1F. The summed E-state index contributed by atoms with van der Waals surface area (Å²) in [6, 6.07) is 7.36. The molecule has 2 aromatic rings. The van der Waals surface area contributed by atoms with E-state index in [9.17, 15) is 4.39 Å². The van der Waals surface area contributed by atoms with E-state index < -0.39 is 0 Å². The summed E-state index contributed by atoms with van der Waals surface area (Å²) < 4.78 is 14.0. The first-order valence-electron chi connectivity index (χ1n) is 6.02. The highest BCUT2D eigenvalue weighted by molar-refractivity contribution is 6.17. The molecule has 0 N–H and O–H groups in total. The summed E-state index contributed by atoms with van der Waals surface area (Å²) in [5.41, 5.74) is 1.44. The third kappa shape index (κ3) is 3.41. The molecule has 100 valence electrons. The molecule has 0 aliphatic rings. The van der Waals surface area contributed by atoms with E-state index in [0.29, 0.717) is 17.9 Å². The van der Waals surface area contributed by atoms with Gasteiger partial charge < -0.3 is 4.90 Å². The summed E-state index contributed by atoms with van der Waals surface area (Å²) in [5.74, 6) is 0.130. The van der Waals surface area contributed by atoms with Gasteiger partial charge in [0, 0.05) is 43.7 Å². The van der Waals surface area contributed by atoms with Gasteiger partial charge in [-0.3, -0.25) is 4.98 Å². The van der Waals surface area contributed by atoms with Crippen LogP contribution in [0.5, 0.6) is 0 Å². The van der Waals surface area contributed by atoms with Gasteiger partial charge in [-0.1, -0.05) is 6.07 Å². The molecule has 0 radical (unpaired) electrons. The fourth-order valence-electron chi connectivity index (χ4n) is 1.77. The Morgan fingerprint density at radius 3 is 2.74 bits per heavy atom. The van der Waals surface area contributed by atoms with Crippen molar-refractivity contribution < 1.29 is 4.39 Å². The average Bonchev–Trinajstić information content (AvgIpc) is 2.46. The molecule has 0 atom stereocenters. The molecule has 0 bridgehead atoms. The van der Waals surface area contributed by atoms with Gasteiger partial charge in [-0.2, -0.15) is 0 Å². The first-order chi connectivity index (χ1) is 9.22. The maximum absolute atomic E-state index is 14.0. The Labute approximate surface area is 117 Å². The number of aromatic nitrogens is 2. The van der Waals surface area contributed by atoms with Gasteiger partial charge in [-0.05, 0) is 18.2 Å². The van der Waals surface area contributed by atoms with E-state index in [0.717, 1.165) is 12.1 Å². The van der Waals surface area contributed by atoms with E-state index in [1.165, 1.54) is 0 Å². The van der Waals surface area contributed by atoms with Crippen molar-refractivity contribution in [2.24, 2.45) is 0 Å². The van der Waals surface area contributed by atoms with Crippen LogP contribution in [-0.2, 0) is 12.3 Å². The zero-order valence-electron chi connectivity index (χ0n) is 10.7. The van der Waals surface area contributed by atoms with E-state index in [2.05, 4.69) is 9.97 Å². The minimum Gasteiger partial charge on any atom is -0.357 e. The number of likely N-dealkylation sites (N-methyl/N-ethyl adjacent to an activating group) is 1. The molecule has 2 heterocycles. The molecule has 0 aliphatic heterocycles. The lowest BCUT2D eigenvalue weighted by molar-refractivity contribution is 0.604. The van der Waals surface area contributed by atoms with Crippen LogP contribution in [0.4, 0.5) is 10.2 Å². The smallest absolute Gasteiger partial charge is 0.170 e. The van der Waals surface area contributed by atoms with Crippen LogP contribution in [0.1, 0.15) is 11.3 Å². The molecule has 0 spiro atoms. The maximum Gasteiger partial charge on any atom is 0.170 e. The molecule has 0 fully saturated rings. The van der Waals surface area contributed by atoms with Crippen LogP contribution < -0.4 is 4.90 Å². The van der Waals surface area contributed by atoms with E-state index >= 15 is 0 Å². The van der Waals surface area contributed by atoms with Crippen LogP contribution >= 0.6 is 11.6 Å². The fraction of sp³-hybridized carbons (Fsp3) is 0.286. The van der Waals surface area contributed by atoms with Crippen molar-refractivity contribution in [1.82, 2.24) is 9.97 Å². The van der Waals surface area contributed by atoms with E-state index in [1.807, 2.05) is 25.2 Å². The van der Waals surface area contributed by atoms with Gasteiger partial charge in [0.25, 0.3) is 0 Å². The number of rotatable bonds is 5. The van der Waals surface area contributed by atoms with Crippen LogP contribution in [-0.4, -0.2) is 23.6 Å². The van der Waals surface area contributed by atoms with Gasteiger partial charge in [0.05, 0.1) is 5.88 Å². The maximum atomic E-state index is 14.0. The van der Waals surface area contributed by atoms with Crippen molar-refractivity contribution >= 4 is 17.4 Å². The minimum absolute atomic E-state index is 0.148. The molecule has 0 saturated heterocycles. The van der Waals surface area contributed by atoms with Crippen molar-refractivity contribution in [3.05, 3.63) is 53.7 Å². The number of nitrogens with zero attached hydrogens (tertiary/aromatic N) is 3. The molecular formula is C14H15ClFN3. The zero-order valence-corrected chi connectivity index (χ0v) is 11.4. The van der Waals surface area contributed by atoms with Gasteiger partial charge in [-0.25, -0.2) is 9.37 Å². The largest absolute Gasteiger partial charge is 0.357 e. The van der Waals surface area contributed by atoms with Crippen LogP contribution in [0.3, 0.4) is 0 Å². The molecule has 2 aromatic heterocycles. The van der Waals surface area contributed by atoms with Crippen molar-refractivity contribution in [2.75, 3.05) is 18.5 Å². The van der Waals surface area contributed by atoms with Crippen LogP contribution in [0, 0.1) is 5.82 Å². The van der Waals surface area contributed by atoms with Crippen molar-refractivity contribution in [3.63, 3.8) is 0 Å². The highest BCUT2D eigenvalue weighted by Gasteiger charge is 2.12. The Morgan fingerprint density at radius 2 is 2.05 bits per heavy atom. The van der Waals surface area contributed by atoms with Gasteiger partial charge in [0.2, 0.25) is 0 Å². The summed E-state index contributed by atoms with van der Waals surface area (Å²) in [4.78, 5) is 10.1. The predicted octanol–water partition coefficient (Wildman–Crippen LogP) is 3.03. The lowest BCUT2D eigenvalue weighted by Crippen LogP contribution is -2.23. The second-order valence-electron chi connectivity index (χ2n) is 4.23. The second kappa shape index (κ2) is 6.48. The quantitative estimate of drug-likeness (QED) is 0.788. The molecule has 5 heteroatoms. The predicted molar refractivity (Wildman–Crippen MR) is 75.0 cm³/mol. The Balaban J connectivity index is 2.06.